The van der Waals surface area contributed by atoms with Crippen molar-refractivity contribution in [1.82, 2.24) is 0 Å². The van der Waals surface area contributed by atoms with Crippen LogP contribution in [-0.2, 0) is 11.8 Å². The van der Waals surface area contributed by atoms with Gasteiger partial charge >= 0.3 is 0 Å². The zero-order chi connectivity index (χ0) is 17.5. The minimum Gasteiger partial charge on any atom is -0.508 e. The van der Waals surface area contributed by atoms with Crippen LogP contribution in [0, 0.1) is 0 Å². The lowest BCUT2D eigenvalue weighted by Gasteiger charge is -2.32. The number of aliphatic hydroxyl groups is 1. The average Bonchev–Trinajstić information content (AvgIpc) is 3.09. The largest absolute Gasteiger partial charge is 0.508 e. The van der Waals surface area contributed by atoms with Crippen molar-refractivity contribution in [3.8, 4) is 5.75 Å². The Balaban J connectivity index is 0.00000127. The number of hydrogen-bond acceptors (Lipinski definition) is 4. The average molecular weight is 334 g/mol. The molecule has 0 aliphatic heterocycles. The standard InChI is InChI=1S/C18H22O2S.CH4O/c1-4-13-11-14(7-9-16(13)20)18(5-2,6-3)17-10-8-15(12-19)21-17;1-2/h7-12,20H,4-6H2,1-3H3;2H,1H3. The Labute approximate surface area is 142 Å². The van der Waals surface area contributed by atoms with E-state index in [-0.39, 0.29) is 5.41 Å². The Morgan fingerprint density at radius 1 is 1.09 bits per heavy atom. The van der Waals surface area contributed by atoms with Gasteiger partial charge in [0, 0.05) is 17.4 Å². The van der Waals surface area contributed by atoms with E-state index in [2.05, 4.69) is 26.0 Å². The van der Waals surface area contributed by atoms with Gasteiger partial charge in [0.2, 0.25) is 0 Å². The molecule has 1 heterocycles. The minimum atomic E-state index is -0.0798. The van der Waals surface area contributed by atoms with Gasteiger partial charge in [-0.2, -0.15) is 0 Å². The van der Waals surface area contributed by atoms with Gasteiger partial charge in [-0.25, -0.2) is 0 Å². The maximum Gasteiger partial charge on any atom is 0.160 e. The monoisotopic (exact) mass is 334 g/mol. The fourth-order valence-corrected chi connectivity index (χ4v) is 4.16. The second-order valence-corrected chi connectivity index (χ2v) is 6.42. The van der Waals surface area contributed by atoms with Crippen LogP contribution in [0.2, 0.25) is 0 Å². The van der Waals surface area contributed by atoms with Gasteiger partial charge in [-0.1, -0.05) is 32.9 Å². The predicted molar refractivity (Wildman–Crippen MR) is 96.7 cm³/mol. The van der Waals surface area contributed by atoms with Gasteiger partial charge in [0.25, 0.3) is 0 Å². The Morgan fingerprint density at radius 3 is 2.22 bits per heavy atom. The number of phenols is 1. The summed E-state index contributed by atoms with van der Waals surface area (Å²) in [5.74, 6) is 0.363. The summed E-state index contributed by atoms with van der Waals surface area (Å²) >= 11 is 1.57. The van der Waals surface area contributed by atoms with Crippen molar-refractivity contribution < 1.29 is 15.0 Å². The fraction of sp³-hybridized carbons (Fsp3) is 0.421. The summed E-state index contributed by atoms with van der Waals surface area (Å²) in [4.78, 5) is 13.0. The Bertz CT molecular complexity index is 627. The van der Waals surface area contributed by atoms with Crippen molar-refractivity contribution >= 4 is 17.6 Å². The number of phenolic OH excluding ortho intramolecular Hbond substituents is 1. The van der Waals surface area contributed by atoms with E-state index >= 15 is 0 Å². The summed E-state index contributed by atoms with van der Waals surface area (Å²) in [7, 11) is 1.00. The molecule has 1 aromatic carbocycles. The first kappa shape index (κ1) is 19.4. The van der Waals surface area contributed by atoms with Crippen LogP contribution in [0.15, 0.2) is 30.3 Å². The maximum absolute atomic E-state index is 11.0. The highest BCUT2D eigenvalue weighted by atomic mass is 32.1. The Hall–Kier alpha value is -1.65. The molecule has 2 N–H and O–H groups in total. The second-order valence-electron chi connectivity index (χ2n) is 5.31. The molecular weight excluding hydrogens is 308 g/mol. The van der Waals surface area contributed by atoms with Crippen molar-refractivity contribution in [2.75, 3.05) is 7.11 Å². The van der Waals surface area contributed by atoms with E-state index in [1.54, 1.807) is 17.4 Å². The van der Waals surface area contributed by atoms with Crippen LogP contribution in [0.1, 0.15) is 59.3 Å². The number of aromatic hydroxyl groups is 1. The summed E-state index contributed by atoms with van der Waals surface area (Å²) in [6.45, 7) is 6.42. The normalized spacial score (nSPS) is 10.8. The zero-order valence-electron chi connectivity index (χ0n) is 14.3. The van der Waals surface area contributed by atoms with Gasteiger partial charge in [-0.15, -0.1) is 11.3 Å². The molecule has 0 unspecified atom stereocenters. The smallest absolute Gasteiger partial charge is 0.160 e. The number of carbonyl (C=O) groups is 1. The summed E-state index contributed by atoms with van der Waals surface area (Å²) < 4.78 is 0. The van der Waals surface area contributed by atoms with E-state index in [0.717, 1.165) is 43.1 Å². The number of aryl methyl sites for hydroxylation is 1. The van der Waals surface area contributed by atoms with Crippen molar-refractivity contribution in [2.45, 2.75) is 45.4 Å². The molecule has 0 atom stereocenters. The van der Waals surface area contributed by atoms with E-state index in [1.807, 2.05) is 19.1 Å². The topological polar surface area (TPSA) is 57.5 Å². The van der Waals surface area contributed by atoms with Gasteiger partial charge < -0.3 is 10.2 Å². The van der Waals surface area contributed by atoms with Crippen LogP contribution in [0.25, 0.3) is 0 Å². The zero-order valence-corrected chi connectivity index (χ0v) is 15.1. The molecule has 1 aromatic heterocycles. The first-order valence-corrected chi connectivity index (χ1v) is 8.75. The van der Waals surface area contributed by atoms with E-state index in [0.29, 0.717) is 5.75 Å². The van der Waals surface area contributed by atoms with Crippen LogP contribution in [0.5, 0.6) is 5.75 Å². The molecule has 2 rings (SSSR count). The molecule has 126 valence electrons. The van der Waals surface area contributed by atoms with E-state index in [4.69, 9.17) is 5.11 Å². The molecule has 0 saturated carbocycles. The van der Waals surface area contributed by atoms with E-state index in [1.165, 1.54) is 10.4 Å². The number of carbonyl (C=O) groups excluding carboxylic acids is 1. The quantitative estimate of drug-likeness (QED) is 0.762. The van der Waals surface area contributed by atoms with Crippen LogP contribution >= 0.6 is 11.3 Å². The molecule has 0 radical (unpaired) electrons. The number of aldehydes is 1. The molecule has 4 heteroatoms. The van der Waals surface area contributed by atoms with E-state index < -0.39 is 0 Å². The van der Waals surface area contributed by atoms with Crippen molar-refractivity contribution in [3.05, 3.63) is 51.2 Å². The fourth-order valence-electron chi connectivity index (χ4n) is 2.99. The number of benzene rings is 1. The number of hydrogen-bond donors (Lipinski definition) is 2. The lowest BCUT2D eigenvalue weighted by molar-refractivity contribution is 0.112. The number of rotatable bonds is 6. The van der Waals surface area contributed by atoms with Crippen molar-refractivity contribution in [2.24, 2.45) is 0 Å². The van der Waals surface area contributed by atoms with Crippen molar-refractivity contribution in [3.63, 3.8) is 0 Å². The SMILES string of the molecule is CCc1cc(C(CC)(CC)c2ccc(C=O)s2)ccc1O.CO. The highest BCUT2D eigenvalue weighted by Gasteiger charge is 2.32. The second kappa shape index (κ2) is 8.85. The molecule has 0 saturated heterocycles. The molecule has 3 nitrogen and oxygen atoms in total. The Kier molecular flexibility index (Phi) is 7.46. The summed E-state index contributed by atoms with van der Waals surface area (Å²) in [5.41, 5.74) is 2.12. The lowest BCUT2D eigenvalue weighted by atomic mass is 9.74. The number of aliphatic hydroxyl groups excluding tert-OH is 1. The number of thiophene rings is 1. The van der Waals surface area contributed by atoms with Crippen molar-refractivity contribution in [1.29, 1.82) is 0 Å². The lowest BCUT2D eigenvalue weighted by Crippen LogP contribution is -2.25. The van der Waals surface area contributed by atoms with Crippen LogP contribution in [0.3, 0.4) is 0 Å². The van der Waals surface area contributed by atoms with Crippen LogP contribution < -0.4 is 0 Å². The van der Waals surface area contributed by atoms with Gasteiger partial charge in [-0.3, -0.25) is 4.79 Å². The van der Waals surface area contributed by atoms with Gasteiger partial charge in [0.05, 0.1) is 4.88 Å². The molecule has 23 heavy (non-hydrogen) atoms. The molecule has 0 spiro atoms. The minimum absolute atomic E-state index is 0.0798. The summed E-state index contributed by atoms with van der Waals surface area (Å²) in [6, 6.07) is 9.89. The molecule has 0 amide bonds. The van der Waals surface area contributed by atoms with E-state index in [9.17, 15) is 9.90 Å². The molecule has 0 fully saturated rings. The first-order valence-electron chi connectivity index (χ1n) is 7.93. The first-order chi connectivity index (χ1) is 11.1. The van der Waals surface area contributed by atoms with Gasteiger partial charge in [0.1, 0.15) is 5.75 Å². The third-order valence-electron chi connectivity index (χ3n) is 4.43. The summed E-state index contributed by atoms with van der Waals surface area (Å²) in [5, 5.41) is 16.9. The molecule has 0 bridgehead atoms. The highest BCUT2D eigenvalue weighted by molar-refractivity contribution is 7.13. The highest BCUT2D eigenvalue weighted by Crippen LogP contribution is 2.43. The van der Waals surface area contributed by atoms with Crippen LogP contribution in [-0.4, -0.2) is 23.6 Å². The Morgan fingerprint density at radius 2 is 1.74 bits per heavy atom. The maximum atomic E-state index is 11.0. The van der Waals surface area contributed by atoms with Crippen LogP contribution in [0.4, 0.5) is 0 Å². The summed E-state index contributed by atoms with van der Waals surface area (Å²) in [6.07, 6.45) is 3.66. The molecule has 2 aromatic rings. The molecule has 0 aliphatic carbocycles. The van der Waals surface area contributed by atoms with Gasteiger partial charge in [-0.05, 0) is 48.6 Å². The molecule has 0 aliphatic rings. The third-order valence-corrected chi connectivity index (χ3v) is 5.65. The molecular formula is C19H26O3S. The predicted octanol–water partition coefficient (Wildman–Crippen LogP) is 4.54. The third kappa shape index (κ3) is 3.82. The van der Waals surface area contributed by atoms with Gasteiger partial charge in [0.15, 0.2) is 6.29 Å².